The van der Waals surface area contributed by atoms with Crippen LogP contribution in [0.3, 0.4) is 0 Å². The normalized spacial score (nSPS) is 8.60. The second-order valence-corrected chi connectivity index (χ2v) is 3.52. The van der Waals surface area contributed by atoms with Crippen LogP contribution in [-0.2, 0) is 6.42 Å². The molecule has 0 atom stereocenters. The molecule has 0 aromatic heterocycles. The maximum atomic E-state index is 7.70. The summed E-state index contributed by atoms with van der Waals surface area (Å²) in [4.78, 5) is 0. The highest BCUT2D eigenvalue weighted by Crippen LogP contribution is 2.01. The van der Waals surface area contributed by atoms with E-state index in [0.29, 0.717) is 0 Å². The first-order valence-electron chi connectivity index (χ1n) is 4.84. The van der Waals surface area contributed by atoms with Gasteiger partial charge in [-0.15, -0.1) is 0 Å². The van der Waals surface area contributed by atoms with Crippen LogP contribution in [0.1, 0.15) is 25.3 Å². The van der Waals surface area contributed by atoms with Gasteiger partial charge in [0, 0.05) is 12.1 Å². The van der Waals surface area contributed by atoms with Crippen molar-refractivity contribution in [2.75, 3.05) is 0 Å². The van der Waals surface area contributed by atoms with E-state index in [4.69, 9.17) is 5.41 Å². The summed E-state index contributed by atoms with van der Waals surface area (Å²) in [5.74, 6) is 0. The predicted molar refractivity (Wildman–Crippen MR) is 68.2 cm³/mol. The quantitative estimate of drug-likeness (QED) is 0.519. The zero-order valence-corrected chi connectivity index (χ0v) is 9.43. The van der Waals surface area contributed by atoms with Crippen LogP contribution in [0.25, 0.3) is 0 Å². The molecule has 1 rings (SSSR count). The Bertz CT molecular complexity index is 302. The fourth-order valence-corrected chi connectivity index (χ4v) is 1.46. The zero-order chi connectivity index (χ0) is 9.68. The van der Waals surface area contributed by atoms with Crippen molar-refractivity contribution in [1.82, 2.24) is 0 Å². The highest BCUT2D eigenvalue weighted by Gasteiger charge is 1.98. The Hall–Kier alpha value is -1.13. The number of hydrogen-bond donors (Lipinski definition) is 1. The average molecular weight is 209 g/mol. The highest BCUT2D eigenvalue weighted by atomic mass is 16.0. The van der Waals surface area contributed by atoms with Gasteiger partial charge in [-0.2, -0.15) is 0 Å². The van der Waals surface area contributed by atoms with Gasteiger partial charge in [0.15, 0.2) is 0 Å². The van der Waals surface area contributed by atoms with Crippen LogP contribution >= 0.6 is 0 Å². The van der Waals surface area contributed by atoms with Crippen LogP contribution in [0.5, 0.6) is 0 Å². The van der Waals surface area contributed by atoms with Crippen molar-refractivity contribution in [2.24, 2.45) is 0 Å². The largest absolute Gasteiger partial charge is 0.412 e. The van der Waals surface area contributed by atoms with Crippen molar-refractivity contribution < 1.29 is 11.0 Å². The van der Waals surface area contributed by atoms with Gasteiger partial charge in [0.1, 0.15) is 7.85 Å². The summed E-state index contributed by atoms with van der Waals surface area (Å²) < 4.78 is 0. The Balaban J connectivity index is 0. The summed E-state index contributed by atoms with van der Waals surface area (Å²) in [6.45, 7) is 2.12. The lowest BCUT2D eigenvalue weighted by atomic mass is 9.93. The second kappa shape index (κ2) is 8.21. The summed E-state index contributed by atoms with van der Waals surface area (Å²) in [6.07, 6.45) is 2.81. The smallest absolute Gasteiger partial charge is 0.139 e. The minimum Gasteiger partial charge on any atom is -0.412 e. The van der Waals surface area contributed by atoms with Gasteiger partial charge >= 0.3 is 0 Å². The lowest BCUT2D eigenvalue weighted by molar-refractivity contribution is 0.823. The Morgan fingerprint density at radius 3 is 2.53 bits per heavy atom. The predicted octanol–water partition coefficient (Wildman–Crippen LogP) is -0.342. The molecular weight excluding hydrogens is 189 g/mol. The van der Waals surface area contributed by atoms with Crippen LogP contribution < -0.4 is 5.46 Å². The third-order valence-electron chi connectivity index (χ3n) is 2.05. The van der Waals surface area contributed by atoms with Crippen molar-refractivity contribution in [1.29, 1.82) is 5.41 Å². The minimum atomic E-state index is 0. The third kappa shape index (κ3) is 6.04. The highest BCUT2D eigenvalue weighted by molar-refractivity contribution is 6.32. The molecule has 0 aliphatic carbocycles. The Kier molecular flexibility index (Phi) is 8.92. The molecule has 1 aromatic carbocycles. The zero-order valence-electron chi connectivity index (χ0n) is 9.43. The summed E-state index contributed by atoms with van der Waals surface area (Å²) in [7, 11) is 2.09. The van der Waals surface area contributed by atoms with Crippen molar-refractivity contribution in [2.45, 2.75) is 26.2 Å². The minimum absolute atomic E-state index is 0. The van der Waals surface area contributed by atoms with Crippen LogP contribution in [0.4, 0.5) is 0 Å². The molecule has 0 aliphatic heterocycles. The lowest BCUT2D eigenvalue weighted by Crippen LogP contribution is -2.06. The van der Waals surface area contributed by atoms with Crippen molar-refractivity contribution in [3.63, 3.8) is 0 Å². The summed E-state index contributed by atoms with van der Waals surface area (Å²) >= 11 is 0. The van der Waals surface area contributed by atoms with Gasteiger partial charge in [0.25, 0.3) is 0 Å². The molecule has 0 amide bonds. The molecule has 0 fully saturated rings. The summed E-state index contributed by atoms with van der Waals surface area (Å²) in [5, 5.41) is 7.70. The molecule has 0 saturated heterocycles. The van der Waals surface area contributed by atoms with E-state index < -0.39 is 0 Å². The maximum absolute atomic E-state index is 7.70. The average Bonchev–Trinajstić information content (AvgIpc) is 2.04. The molecule has 0 aliphatic rings. The van der Waals surface area contributed by atoms with E-state index in [1.165, 1.54) is 11.0 Å². The summed E-state index contributed by atoms with van der Waals surface area (Å²) in [6, 6.07) is 8.40. The van der Waals surface area contributed by atoms with E-state index in [2.05, 4.69) is 39.0 Å². The topological polar surface area (TPSA) is 86.8 Å². The number of hydrogen-bond acceptors (Lipinski definition) is 1. The Morgan fingerprint density at radius 1 is 1.33 bits per heavy atom. The molecule has 0 heterocycles. The van der Waals surface area contributed by atoms with Crippen LogP contribution in [0.2, 0.25) is 0 Å². The standard InChI is InChI=1S/C11H16BN.2H2O/c1-2-4-11(13)8-9-5-3-6-10(12)7-9;;/h3,5-7,13H,2,4,8,12H2,1H3;2*1H2. The SMILES string of the molecule is Bc1cccc(CC(=N)CCC)c1.O.O. The van der Waals surface area contributed by atoms with Crippen LogP contribution in [0, 0.1) is 5.41 Å². The lowest BCUT2D eigenvalue weighted by Gasteiger charge is -2.03. The van der Waals surface area contributed by atoms with Gasteiger partial charge in [-0.3, -0.25) is 0 Å². The first kappa shape index (κ1) is 16.3. The van der Waals surface area contributed by atoms with Gasteiger partial charge in [-0.05, 0) is 12.0 Å². The number of benzene rings is 1. The number of nitrogens with one attached hydrogen (secondary N) is 1. The van der Waals surface area contributed by atoms with E-state index in [-0.39, 0.29) is 11.0 Å². The van der Waals surface area contributed by atoms with Crippen molar-refractivity contribution in [3.8, 4) is 0 Å². The molecule has 0 bridgehead atoms. The fourth-order valence-electron chi connectivity index (χ4n) is 1.46. The molecule has 4 heteroatoms. The molecule has 15 heavy (non-hydrogen) atoms. The molecule has 0 spiro atoms. The maximum Gasteiger partial charge on any atom is 0.139 e. The molecule has 1 aromatic rings. The monoisotopic (exact) mass is 209 g/mol. The molecule has 0 radical (unpaired) electrons. The Morgan fingerprint density at radius 2 is 2.00 bits per heavy atom. The van der Waals surface area contributed by atoms with Crippen molar-refractivity contribution in [3.05, 3.63) is 29.8 Å². The molecule has 5 N–H and O–H groups in total. The van der Waals surface area contributed by atoms with E-state index in [9.17, 15) is 0 Å². The first-order chi connectivity index (χ1) is 6.22. The first-order valence-corrected chi connectivity index (χ1v) is 4.84. The van der Waals surface area contributed by atoms with E-state index in [1.807, 2.05) is 0 Å². The second-order valence-electron chi connectivity index (χ2n) is 3.52. The molecular formula is C11H20BNO2. The van der Waals surface area contributed by atoms with E-state index in [0.717, 1.165) is 25.0 Å². The van der Waals surface area contributed by atoms with Crippen LogP contribution in [0.15, 0.2) is 24.3 Å². The Labute approximate surface area is 92.1 Å². The molecule has 0 unspecified atom stereocenters. The summed E-state index contributed by atoms with van der Waals surface area (Å²) in [5.41, 5.74) is 3.38. The van der Waals surface area contributed by atoms with Gasteiger partial charge in [-0.25, -0.2) is 0 Å². The number of rotatable bonds is 4. The molecule has 3 nitrogen and oxygen atoms in total. The van der Waals surface area contributed by atoms with Gasteiger partial charge in [0.05, 0.1) is 0 Å². The third-order valence-corrected chi connectivity index (χ3v) is 2.05. The molecule has 84 valence electrons. The molecule has 0 saturated carbocycles. The fraction of sp³-hybridized carbons (Fsp3) is 0.364. The van der Waals surface area contributed by atoms with Crippen molar-refractivity contribution >= 4 is 19.0 Å². The van der Waals surface area contributed by atoms with Crippen LogP contribution in [-0.4, -0.2) is 24.5 Å². The van der Waals surface area contributed by atoms with Gasteiger partial charge < -0.3 is 16.4 Å². The van der Waals surface area contributed by atoms with E-state index in [1.54, 1.807) is 0 Å². The van der Waals surface area contributed by atoms with E-state index >= 15 is 0 Å². The van der Waals surface area contributed by atoms with Gasteiger partial charge in [0.2, 0.25) is 0 Å². The van der Waals surface area contributed by atoms with Gasteiger partial charge in [-0.1, -0.05) is 43.1 Å².